The van der Waals surface area contributed by atoms with Crippen molar-refractivity contribution in [3.8, 4) is 0 Å². The Balaban J connectivity index is 1.86. The summed E-state index contributed by atoms with van der Waals surface area (Å²) in [5.74, 6) is -0.586. The third-order valence-corrected chi connectivity index (χ3v) is 4.26. The van der Waals surface area contributed by atoms with E-state index in [1.165, 1.54) is 39.2 Å². The molecule has 1 fully saturated rings. The molecule has 0 radical (unpaired) electrons. The summed E-state index contributed by atoms with van der Waals surface area (Å²) in [6.45, 7) is 0.264. The van der Waals surface area contributed by atoms with E-state index in [2.05, 4.69) is 10.6 Å². The van der Waals surface area contributed by atoms with Gasteiger partial charge in [-0.05, 0) is 25.0 Å². The van der Waals surface area contributed by atoms with Crippen LogP contribution in [0.4, 0.5) is 5.69 Å². The Labute approximate surface area is 137 Å². The van der Waals surface area contributed by atoms with Crippen molar-refractivity contribution in [1.29, 1.82) is 0 Å². The molecule has 1 aromatic carbocycles. The molecule has 1 saturated carbocycles. The molecule has 1 aliphatic carbocycles. The Morgan fingerprint density at radius 2 is 1.74 bits per heavy atom. The van der Waals surface area contributed by atoms with Crippen molar-refractivity contribution >= 4 is 17.6 Å². The van der Waals surface area contributed by atoms with Gasteiger partial charge in [0.2, 0.25) is 5.91 Å². The minimum Gasteiger partial charge on any atom is -0.465 e. The van der Waals surface area contributed by atoms with Crippen LogP contribution in [0.15, 0.2) is 24.3 Å². The van der Waals surface area contributed by atoms with Gasteiger partial charge in [0.25, 0.3) is 0 Å². The Morgan fingerprint density at radius 1 is 1.09 bits per heavy atom. The van der Waals surface area contributed by atoms with Crippen molar-refractivity contribution in [3.05, 3.63) is 29.8 Å². The van der Waals surface area contributed by atoms with E-state index in [4.69, 9.17) is 4.74 Å². The topological polar surface area (TPSA) is 67.4 Å². The smallest absolute Gasteiger partial charge is 0.339 e. The molecule has 5 heteroatoms. The molecule has 2 rings (SSSR count). The molecule has 0 unspecified atom stereocenters. The zero-order chi connectivity index (χ0) is 16.5. The van der Waals surface area contributed by atoms with Gasteiger partial charge in [0.05, 0.1) is 24.9 Å². The van der Waals surface area contributed by atoms with Gasteiger partial charge in [-0.1, -0.05) is 44.2 Å². The Hall–Kier alpha value is -1.88. The van der Waals surface area contributed by atoms with E-state index in [0.717, 1.165) is 12.8 Å². The maximum atomic E-state index is 12.1. The van der Waals surface area contributed by atoms with Gasteiger partial charge in [-0.3, -0.25) is 4.79 Å². The lowest BCUT2D eigenvalue weighted by molar-refractivity contribution is -0.115. The molecular weight excluding hydrogens is 292 g/mol. The van der Waals surface area contributed by atoms with Crippen LogP contribution in [0.1, 0.15) is 55.3 Å². The number of ether oxygens (including phenoxy) is 1. The normalized spacial score (nSPS) is 16.2. The summed E-state index contributed by atoms with van der Waals surface area (Å²) < 4.78 is 4.73. The van der Waals surface area contributed by atoms with Crippen molar-refractivity contribution < 1.29 is 14.3 Å². The number of benzene rings is 1. The molecule has 0 saturated heterocycles. The molecule has 0 aromatic heterocycles. The number of methoxy groups -OCH3 is 1. The van der Waals surface area contributed by atoms with Crippen molar-refractivity contribution in [2.45, 2.75) is 51.0 Å². The highest BCUT2D eigenvalue weighted by Crippen LogP contribution is 2.18. The van der Waals surface area contributed by atoms with E-state index in [1.807, 2.05) is 0 Å². The minimum absolute atomic E-state index is 0.136. The molecule has 0 spiro atoms. The summed E-state index contributed by atoms with van der Waals surface area (Å²) >= 11 is 0. The molecule has 1 aliphatic rings. The van der Waals surface area contributed by atoms with Crippen molar-refractivity contribution in [3.63, 3.8) is 0 Å². The van der Waals surface area contributed by atoms with Gasteiger partial charge >= 0.3 is 5.97 Å². The zero-order valence-electron chi connectivity index (χ0n) is 13.8. The maximum absolute atomic E-state index is 12.1. The highest BCUT2D eigenvalue weighted by molar-refractivity contribution is 6.01. The van der Waals surface area contributed by atoms with E-state index in [1.54, 1.807) is 24.3 Å². The van der Waals surface area contributed by atoms with Crippen LogP contribution in [0, 0.1) is 0 Å². The first-order chi connectivity index (χ1) is 11.2. The third kappa shape index (κ3) is 5.67. The fourth-order valence-electron chi connectivity index (χ4n) is 2.97. The molecule has 5 nitrogen and oxygen atoms in total. The first kappa shape index (κ1) is 17.5. The Bertz CT molecular complexity index is 523. The summed E-state index contributed by atoms with van der Waals surface area (Å²) in [6, 6.07) is 7.29. The van der Waals surface area contributed by atoms with Gasteiger partial charge < -0.3 is 15.4 Å². The second kappa shape index (κ2) is 9.30. The number of hydrogen-bond acceptors (Lipinski definition) is 4. The van der Waals surface area contributed by atoms with E-state index in [9.17, 15) is 9.59 Å². The highest BCUT2D eigenvalue weighted by Gasteiger charge is 2.15. The summed E-state index contributed by atoms with van der Waals surface area (Å²) in [4.78, 5) is 23.8. The largest absolute Gasteiger partial charge is 0.465 e. The second-order valence-corrected chi connectivity index (χ2v) is 6.01. The van der Waals surface area contributed by atoms with Crippen LogP contribution in [0.25, 0.3) is 0 Å². The van der Waals surface area contributed by atoms with Gasteiger partial charge in [0.15, 0.2) is 0 Å². The van der Waals surface area contributed by atoms with Crippen LogP contribution in [0.5, 0.6) is 0 Å². The maximum Gasteiger partial charge on any atom is 0.339 e. The van der Waals surface area contributed by atoms with Gasteiger partial charge in [-0.2, -0.15) is 0 Å². The molecule has 126 valence electrons. The number of anilines is 1. The Morgan fingerprint density at radius 3 is 2.43 bits per heavy atom. The number of para-hydroxylation sites is 1. The fraction of sp³-hybridized carbons (Fsp3) is 0.556. The zero-order valence-corrected chi connectivity index (χ0v) is 13.8. The molecular formula is C18H26N2O3. The van der Waals surface area contributed by atoms with Crippen LogP contribution in [0.2, 0.25) is 0 Å². The number of amides is 1. The SMILES string of the molecule is COC(=O)c1ccccc1NC(=O)CNC1CCCCCCC1. The lowest BCUT2D eigenvalue weighted by Gasteiger charge is -2.21. The highest BCUT2D eigenvalue weighted by atomic mass is 16.5. The predicted octanol–water partition coefficient (Wildman–Crippen LogP) is 3.11. The van der Waals surface area contributed by atoms with Crippen LogP contribution >= 0.6 is 0 Å². The number of hydrogen-bond donors (Lipinski definition) is 2. The molecule has 0 atom stereocenters. The molecule has 1 amide bonds. The van der Waals surface area contributed by atoms with Crippen LogP contribution in [0.3, 0.4) is 0 Å². The van der Waals surface area contributed by atoms with E-state index in [-0.39, 0.29) is 12.5 Å². The number of rotatable bonds is 5. The van der Waals surface area contributed by atoms with E-state index >= 15 is 0 Å². The molecule has 23 heavy (non-hydrogen) atoms. The lowest BCUT2D eigenvalue weighted by atomic mass is 9.97. The summed E-state index contributed by atoms with van der Waals surface area (Å²) in [5.41, 5.74) is 0.859. The monoisotopic (exact) mass is 318 g/mol. The fourth-order valence-corrected chi connectivity index (χ4v) is 2.97. The van der Waals surface area contributed by atoms with Crippen molar-refractivity contribution in [1.82, 2.24) is 5.32 Å². The van der Waals surface area contributed by atoms with Gasteiger partial charge in [-0.25, -0.2) is 4.79 Å². The lowest BCUT2D eigenvalue weighted by Crippen LogP contribution is -2.36. The van der Waals surface area contributed by atoms with Crippen LogP contribution < -0.4 is 10.6 Å². The summed E-state index contributed by atoms with van der Waals surface area (Å²) in [7, 11) is 1.33. The van der Waals surface area contributed by atoms with E-state index in [0.29, 0.717) is 17.3 Å². The Kier molecular flexibility index (Phi) is 7.07. The predicted molar refractivity (Wildman–Crippen MR) is 90.5 cm³/mol. The van der Waals surface area contributed by atoms with Gasteiger partial charge in [0.1, 0.15) is 0 Å². The minimum atomic E-state index is -0.450. The summed E-state index contributed by atoms with van der Waals surface area (Å²) in [5, 5.41) is 6.13. The summed E-state index contributed by atoms with van der Waals surface area (Å²) in [6.07, 6.45) is 8.62. The quantitative estimate of drug-likeness (QED) is 0.819. The van der Waals surface area contributed by atoms with Crippen molar-refractivity contribution in [2.75, 3.05) is 19.0 Å². The van der Waals surface area contributed by atoms with Gasteiger partial charge in [-0.15, -0.1) is 0 Å². The standard InChI is InChI=1S/C18H26N2O3/c1-23-18(22)15-11-7-8-12-16(15)20-17(21)13-19-14-9-5-3-2-4-6-10-14/h7-8,11-12,14,19H,2-6,9-10,13H2,1H3,(H,20,21). The van der Waals surface area contributed by atoms with Crippen molar-refractivity contribution in [2.24, 2.45) is 0 Å². The molecule has 0 bridgehead atoms. The molecule has 0 aliphatic heterocycles. The van der Waals surface area contributed by atoms with Gasteiger partial charge in [0, 0.05) is 6.04 Å². The molecule has 1 aromatic rings. The molecule has 2 N–H and O–H groups in total. The molecule has 0 heterocycles. The average Bonchev–Trinajstić information content (AvgIpc) is 2.53. The van der Waals surface area contributed by atoms with Crippen LogP contribution in [-0.2, 0) is 9.53 Å². The number of esters is 1. The second-order valence-electron chi connectivity index (χ2n) is 6.01. The first-order valence-electron chi connectivity index (χ1n) is 8.41. The number of carbonyl (C=O) groups excluding carboxylic acids is 2. The number of nitrogens with one attached hydrogen (secondary N) is 2. The third-order valence-electron chi connectivity index (χ3n) is 4.26. The van der Waals surface area contributed by atoms with Crippen LogP contribution in [-0.4, -0.2) is 31.6 Å². The number of carbonyl (C=O) groups is 2. The average molecular weight is 318 g/mol. The first-order valence-corrected chi connectivity index (χ1v) is 8.41. The van der Waals surface area contributed by atoms with E-state index < -0.39 is 5.97 Å².